The maximum atomic E-state index is 4.40. The van der Waals surface area contributed by atoms with Crippen molar-refractivity contribution < 1.29 is 0 Å². The zero-order chi connectivity index (χ0) is 12.0. The summed E-state index contributed by atoms with van der Waals surface area (Å²) in [7, 11) is 2.07. The minimum absolute atomic E-state index is 0.547. The summed E-state index contributed by atoms with van der Waals surface area (Å²) >= 11 is 0. The van der Waals surface area contributed by atoms with Gasteiger partial charge in [-0.15, -0.1) is 0 Å². The molecule has 2 atom stereocenters. The van der Waals surface area contributed by atoms with E-state index in [4.69, 9.17) is 0 Å². The number of nitrogens with zero attached hydrogens (tertiary/aromatic N) is 2. The van der Waals surface area contributed by atoms with Gasteiger partial charge in [0.05, 0.1) is 0 Å². The van der Waals surface area contributed by atoms with Crippen molar-refractivity contribution in [2.45, 2.75) is 46.1 Å². The largest absolute Gasteiger partial charge is 0.338 e. The Bertz CT molecular complexity index is 293. The predicted molar refractivity (Wildman–Crippen MR) is 68.4 cm³/mol. The Balaban J connectivity index is 2.60. The molecule has 1 aromatic rings. The first-order valence-electron chi connectivity index (χ1n) is 6.38. The number of rotatable bonds is 7. The van der Waals surface area contributed by atoms with E-state index in [1.165, 1.54) is 18.7 Å². The second kappa shape index (κ2) is 6.69. The lowest BCUT2D eigenvalue weighted by atomic mass is 9.94. The number of imidazole rings is 1. The molecule has 0 aliphatic heterocycles. The standard InChI is InChI=1S/C13H25N3/c1-5-7-11(3)12(14-6-2)10-13-15-8-9-16(13)4/h8-9,11-12,14H,5-7,10H2,1-4H3. The zero-order valence-corrected chi connectivity index (χ0v) is 11.0. The summed E-state index contributed by atoms with van der Waals surface area (Å²) in [5.41, 5.74) is 0. The number of aromatic nitrogens is 2. The third-order valence-corrected chi connectivity index (χ3v) is 3.22. The fourth-order valence-corrected chi connectivity index (χ4v) is 2.18. The highest BCUT2D eigenvalue weighted by molar-refractivity contribution is 4.95. The van der Waals surface area contributed by atoms with Crippen LogP contribution in [0.2, 0.25) is 0 Å². The highest BCUT2D eigenvalue weighted by Gasteiger charge is 2.17. The first-order valence-corrected chi connectivity index (χ1v) is 6.38. The Hall–Kier alpha value is -0.830. The van der Waals surface area contributed by atoms with Crippen LogP contribution >= 0.6 is 0 Å². The molecule has 0 spiro atoms. The van der Waals surface area contributed by atoms with Crippen molar-refractivity contribution in [3.05, 3.63) is 18.2 Å². The summed E-state index contributed by atoms with van der Waals surface area (Å²) in [5, 5.41) is 3.58. The van der Waals surface area contributed by atoms with Crippen LogP contribution < -0.4 is 5.32 Å². The third-order valence-electron chi connectivity index (χ3n) is 3.22. The van der Waals surface area contributed by atoms with Gasteiger partial charge in [-0.3, -0.25) is 0 Å². The molecule has 0 bridgehead atoms. The first kappa shape index (κ1) is 13.2. The van der Waals surface area contributed by atoms with Gasteiger partial charge in [0, 0.05) is 31.9 Å². The van der Waals surface area contributed by atoms with Crippen LogP contribution in [0.5, 0.6) is 0 Å². The second-order valence-corrected chi connectivity index (χ2v) is 4.59. The molecule has 3 nitrogen and oxygen atoms in total. The smallest absolute Gasteiger partial charge is 0.109 e. The molecule has 1 rings (SSSR count). The van der Waals surface area contributed by atoms with Crippen molar-refractivity contribution in [3.8, 4) is 0 Å². The van der Waals surface area contributed by atoms with E-state index in [2.05, 4.69) is 42.7 Å². The van der Waals surface area contributed by atoms with E-state index in [1.807, 2.05) is 12.4 Å². The Labute approximate surface area is 99.3 Å². The predicted octanol–water partition coefficient (Wildman–Crippen LogP) is 2.38. The summed E-state index contributed by atoms with van der Waals surface area (Å²) in [6.07, 6.45) is 7.45. The summed E-state index contributed by atoms with van der Waals surface area (Å²) in [5.74, 6) is 1.88. The summed E-state index contributed by atoms with van der Waals surface area (Å²) in [6, 6.07) is 0.547. The maximum Gasteiger partial charge on any atom is 0.109 e. The van der Waals surface area contributed by atoms with Crippen LogP contribution in [0, 0.1) is 5.92 Å². The normalized spacial score (nSPS) is 15.0. The molecule has 0 radical (unpaired) electrons. The SMILES string of the molecule is CCCC(C)C(Cc1nccn1C)NCC. The summed E-state index contributed by atoms with van der Waals surface area (Å²) in [4.78, 5) is 4.40. The fourth-order valence-electron chi connectivity index (χ4n) is 2.18. The van der Waals surface area contributed by atoms with Crippen LogP contribution in [-0.2, 0) is 13.5 Å². The van der Waals surface area contributed by atoms with Gasteiger partial charge in [0.15, 0.2) is 0 Å². The highest BCUT2D eigenvalue weighted by Crippen LogP contribution is 2.14. The Kier molecular flexibility index (Phi) is 5.53. The van der Waals surface area contributed by atoms with E-state index in [-0.39, 0.29) is 0 Å². The number of aryl methyl sites for hydroxylation is 1. The van der Waals surface area contributed by atoms with Crippen LogP contribution in [-0.4, -0.2) is 22.1 Å². The van der Waals surface area contributed by atoms with Gasteiger partial charge in [0.1, 0.15) is 5.82 Å². The molecule has 0 saturated heterocycles. The molecular weight excluding hydrogens is 198 g/mol. The van der Waals surface area contributed by atoms with E-state index >= 15 is 0 Å². The number of hydrogen-bond donors (Lipinski definition) is 1. The average molecular weight is 223 g/mol. The van der Waals surface area contributed by atoms with Crippen LogP contribution in [0.25, 0.3) is 0 Å². The molecule has 0 aromatic carbocycles. The molecule has 0 aliphatic rings. The lowest BCUT2D eigenvalue weighted by Gasteiger charge is -2.24. The van der Waals surface area contributed by atoms with Crippen LogP contribution in [0.15, 0.2) is 12.4 Å². The molecule has 0 amide bonds. The lowest BCUT2D eigenvalue weighted by molar-refractivity contribution is 0.351. The van der Waals surface area contributed by atoms with Crippen molar-refractivity contribution in [3.63, 3.8) is 0 Å². The molecular formula is C13H25N3. The average Bonchev–Trinajstić information content (AvgIpc) is 2.64. The lowest BCUT2D eigenvalue weighted by Crippen LogP contribution is -2.37. The highest BCUT2D eigenvalue weighted by atomic mass is 15.0. The van der Waals surface area contributed by atoms with E-state index in [1.54, 1.807) is 0 Å². The molecule has 0 saturated carbocycles. The molecule has 1 N–H and O–H groups in total. The monoisotopic (exact) mass is 223 g/mol. The summed E-state index contributed by atoms with van der Waals surface area (Å²) in [6.45, 7) is 7.78. The third kappa shape index (κ3) is 3.63. The van der Waals surface area contributed by atoms with Gasteiger partial charge in [0.2, 0.25) is 0 Å². The van der Waals surface area contributed by atoms with Crippen LogP contribution in [0.1, 0.15) is 39.4 Å². The van der Waals surface area contributed by atoms with E-state index in [9.17, 15) is 0 Å². The molecule has 0 fully saturated rings. The number of likely N-dealkylation sites (N-methyl/N-ethyl adjacent to an activating group) is 1. The fraction of sp³-hybridized carbons (Fsp3) is 0.769. The molecule has 92 valence electrons. The topological polar surface area (TPSA) is 29.9 Å². The van der Waals surface area contributed by atoms with Gasteiger partial charge < -0.3 is 9.88 Å². The number of hydrogen-bond acceptors (Lipinski definition) is 2. The molecule has 0 aliphatic carbocycles. The van der Waals surface area contributed by atoms with Gasteiger partial charge in [-0.25, -0.2) is 4.98 Å². The summed E-state index contributed by atoms with van der Waals surface area (Å²) < 4.78 is 2.11. The minimum atomic E-state index is 0.547. The number of nitrogens with one attached hydrogen (secondary N) is 1. The van der Waals surface area contributed by atoms with Crippen LogP contribution in [0.3, 0.4) is 0 Å². The molecule has 1 aromatic heterocycles. The maximum absolute atomic E-state index is 4.40. The zero-order valence-electron chi connectivity index (χ0n) is 11.0. The first-order chi connectivity index (χ1) is 7.69. The van der Waals surface area contributed by atoms with E-state index in [0.717, 1.165) is 13.0 Å². The molecule has 2 unspecified atom stereocenters. The molecule has 16 heavy (non-hydrogen) atoms. The minimum Gasteiger partial charge on any atom is -0.338 e. The molecule has 3 heteroatoms. The van der Waals surface area contributed by atoms with Crippen molar-refractivity contribution in [1.29, 1.82) is 0 Å². The van der Waals surface area contributed by atoms with E-state index < -0.39 is 0 Å². The van der Waals surface area contributed by atoms with Crippen LogP contribution in [0.4, 0.5) is 0 Å². The van der Waals surface area contributed by atoms with Crippen molar-refractivity contribution in [2.24, 2.45) is 13.0 Å². The van der Waals surface area contributed by atoms with Crippen molar-refractivity contribution in [2.75, 3.05) is 6.54 Å². The van der Waals surface area contributed by atoms with Gasteiger partial charge in [0.25, 0.3) is 0 Å². The van der Waals surface area contributed by atoms with Gasteiger partial charge in [-0.1, -0.05) is 27.2 Å². The molecule has 1 heterocycles. The Morgan fingerprint density at radius 2 is 2.19 bits per heavy atom. The van der Waals surface area contributed by atoms with Gasteiger partial charge in [-0.05, 0) is 18.9 Å². The van der Waals surface area contributed by atoms with E-state index in [0.29, 0.717) is 12.0 Å². The Morgan fingerprint density at radius 1 is 1.44 bits per heavy atom. The van der Waals surface area contributed by atoms with Crippen molar-refractivity contribution in [1.82, 2.24) is 14.9 Å². The van der Waals surface area contributed by atoms with Gasteiger partial charge >= 0.3 is 0 Å². The second-order valence-electron chi connectivity index (χ2n) is 4.59. The quantitative estimate of drug-likeness (QED) is 0.769. The van der Waals surface area contributed by atoms with Gasteiger partial charge in [-0.2, -0.15) is 0 Å². The Morgan fingerprint density at radius 3 is 2.69 bits per heavy atom. The van der Waals surface area contributed by atoms with Crippen molar-refractivity contribution >= 4 is 0 Å².